The Morgan fingerprint density at radius 3 is 1.88 bits per heavy atom. The largest absolute Gasteiger partial charge is 0.461 e. The van der Waals surface area contributed by atoms with Crippen molar-refractivity contribution in [3.05, 3.63) is 0 Å². The molecule has 0 aliphatic carbocycles. The van der Waals surface area contributed by atoms with Crippen molar-refractivity contribution in [2.75, 3.05) is 6.54 Å². The quantitative estimate of drug-likeness (QED) is 0.511. The van der Waals surface area contributed by atoms with Crippen LogP contribution in [-0.4, -0.2) is 47.7 Å². The third kappa shape index (κ3) is 6.12. The lowest BCUT2D eigenvalue weighted by atomic mass is 9.90. The average molecular weight is 367 g/mol. The molecule has 0 spiro atoms. The Labute approximate surface area is 136 Å². The predicted molar refractivity (Wildman–Crippen MR) is 74.2 cm³/mol. The summed E-state index contributed by atoms with van der Waals surface area (Å²) in [5.74, 6) is -1.32. The van der Waals surface area contributed by atoms with Crippen molar-refractivity contribution >= 4 is 5.97 Å². The molecule has 0 aliphatic heterocycles. The summed E-state index contributed by atoms with van der Waals surface area (Å²) in [6.45, 7) is 6.50. The number of likely N-dealkylation sites (N-methyl/N-ethyl adjacent to an activating group) is 1. The molecular weight excluding hydrogens is 344 g/mol. The van der Waals surface area contributed by atoms with Crippen LogP contribution >= 0.6 is 0 Å². The number of alkyl halides is 6. The van der Waals surface area contributed by atoms with Gasteiger partial charge >= 0.3 is 18.3 Å². The lowest BCUT2D eigenvalue weighted by Crippen LogP contribution is -2.59. The van der Waals surface area contributed by atoms with Gasteiger partial charge in [0.15, 0.2) is 0 Å². The Morgan fingerprint density at radius 2 is 1.54 bits per heavy atom. The molecule has 0 radical (unpaired) electrons. The lowest BCUT2D eigenvalue weighted by Gasteiger charge is -2.35. The number of hydrogen-bond donors (Lipinski definition) is 2. The molecule has 0 aliphatic rings. The van der Waals surface area contributed by atoms with E-state index in [1.165, 1.54) is 6.92 Å². The number of esters is 1. The summed E-state index contributed by atoms with van der Waals surface area (Å²) in [4.78, 5) is 11.8. The maximum Gasteiger partial charge on any atom is 0.426 e. The van der Waals surface area contributed by atoms with Crippen molar-refractivity contribution in [3.8, 4) is 0 Å². The van der Waals surface area contributed by atoms with Crippen LogP contribution in [0.4, 0.5) is 26.3 Å². The smallest absolute Gasteiger partial charge is 0.426 e. The van der Waals surface area contributed by atoms with Crippen molar-refractivity contribution in [2.45, 2.75) is 70.6 Å². The molecule has 2 atom stereocenters. The van der Waals surface area contributed by atoms with Gasteiger partial charge in [-0.2, -0.15) is 26.3 Å². The van der Waals surface area contributed by atoms with Crippen LogP contribution in [0.5, 0.6) is 0 Å². The first kappa shape index (κ1) is 23.0. The zero-order valence-corrected chi connectivity index (χ0v) is 13.9. The van der Waals surface area contributed by atoms with Crippen LogP contribution in [0.25, 0.3) is 0 Å². The number of rotatable bonds is 8. The first-order valence-corrected chi connectivity index (χ1v) is 7.45. The fraction of sp³-hybridized carbons (Fsp3) is 0.929. The van der Waals surface area contributed by atoms with Gasteiger partial charge in [0.1, 0.15) is 12.1 Å². The van der Waals surface area contributed by atoms with E-state index in [1.807, 2.05) is 0 Å². The Kier molecular flexibility index (Phi) is 8.01. The summed E-state index contributed by atoms with van der Waals surface area (Å²) in [5, 5.41) is 11.9. The van der Waals surface area contributed by atoms with Gasteiger partial charge in [0, 0.05) is 6.42 Å². The molecule has 0 heterocycles. The normalized spacial score (nSPS) is 16.2. The van der Waals surface area contributed by atoms with Gasteiger partial charge < -0.3 is 15.2 Å². The van der Waals surface area contributed by atoms with E-state index in [0.717, 1.165) is 0 Å². The highest BCUT2D eigenvalue weighted by molar-refractivity contribution is 5.75. The Morgan fingerprint density at radius 1 is 1.08 bits per heavy atom. The van der Waals surface area contributed by atoms with Gasteiger partial charge in [-0.1, -0.05) is 20.8 Å². The van der Waals surface area contributed by atoms with Crippen LogP contribution in [0.3, 0.4) is 0 Å². The maximum atomic E-state index is 12.8. The van der Waals surface area contributed by atoms with Gasteiger partial charge in [-0.25, -0.2) is 0 Å². The molecule has 0 aromatic rings. The van der Waals surface area contributed by atoms with Crippen LogP contribution in [0.15, 0.2) is 0 Å². The molecule has 0 rings (SSSR count). The zero-order valence-electron chi connectivity index (χ0n) is 13.9. The summed E-state index contributed by atoms with van der Waals surface area (Å²) >= 11 is 0. The van der Waals surface area contributed by atoms with Crippen molar-refractivity contribution in [1.29, 1.82) is 0 Å². The molecule has 2 N–H and O–H groups in total. The highest BCUT2D eigenvalue weighted by Gasteiger charge is 2.70. The highest BCUT2D eigenvalue weighted by Crippen LogP contribution is 2.46. The second kappa shape index (κ2) is 8.37. The van der Waals surface area contributed by atoms with E-state index in [4.69, 9.17) is 4.74 Å². The molecular formula is C14H23F6NO3. The van der Waals surface area contributed by atoms with E-state index >= 15 is 0 Å². The molecule has 0 aromatic carbocycles. The number of carbonyl (C=O) groups excluding carboxylic acids is 1. The van der Waals surface area contributed by atoms with Crippen molar-refractivity contribution in [1.82, 2.24) is 5.32 Å². The lowest BCUT2D eigenvalue weighted by molar-refractivity contribution is -0.374. The van der Waals surface area contributed by atoms with E-state index in [2.05, 4.69) is 5.32 Å². The molecule has 24 heavy (non-hydrogen) atoms. The highest BCUT2D eigenvalue weighted by atomic mass is 19.4. The minimum absolute atomic E-state index is 0.251. The molecule has 2 unspecified atom stereocenters. The molecule has 0 amide bonds. The van der Waals surface area contributed by atoms with Crippen LogP contribution in [0.1, 0.15) is 40.5 Å². The van der Waals surface area contributed by atoms with Crippen molar-refractivity contribution in [2.24, 2.45) is 5.92 Å². The van der Waals surface area contributed by atoms with E-state index in [9.17, 15) is 36.2 Å². The SMILES string of the molecule is CCNC(C)C(=O)OC(CC(C)C)CC(O)(C(F)(F)F)C(F)(F)F. The molecule has 0 saturated heterocycles. The summed E-state index contributed by atoms with van der Waals surface area (Å²) in [6.07, 6.45) is -15.7. The van der Waals surface area contributed by atoms with Crippen molar-refractivity contribution < 1.29 is 41.0 Å². The van der Waals surface area contributed by atoms with Gasteiger partial charge in [-0.05, 0) is 25.8 Å². The summed E-state index contributed by atoms with van der Waals surface area (Å²) in [7, 11) is 0. The zero-order chi connectivity index (χ0) is 19.3. The number of nitrogens with one attached hydrogen (secondary N) is 1. The van der Waals surface area contributed by atoms with Gasteiger partial charge in [0.05, 0.1) is 0 Å². The first-order valence-electron chi connectivity index (χ1n) is 7.45. The van der Waals surface area contributed by atoms with Gasteiger partial charge in [-0.15, -0.1) is 0 Å². The number of ether oxygens (including phenoxy) is 1. The second-order valence-electron chi connectivity index (χ2n) is 6.03. The van der Waals surface area contributed by atoms with Crippen LogP contribution in [0.2, 0.25) is 0 Å². The monoisotopic (exact) mass is 367 g/mol. The Bertz CT molecular complexity index is 394. The number of carbonyl (C=O) groups is 1. The standard InChI is InChI=1S/C14H23F6NO3/c1-5-21-9(4)11(22)24-10(6-8(2)3)7-12(23,13(15,16)17)14(18,19)20/h8-10,21,23H,5-7H2,1-4H3. The van der Waals surface area contributed by atoms with Crippen molar-refractivity contribution in [3.63, 3.8) is 0 Å². The molecule has 0 saturated carbocycles. The molecule has 144 valence electrons. The number of aliphatic hydroxyl groups is 1. The van der Waals surface area contributed by atoms with Crippen LogP contribution in [-0.2, 0) is 9.53 Å². The molecule has 0 bridgehead atoms. The van der Waals surface area contributed by atoms with E-state index in [-0.39, 0.29) is 12.3 Å². The Hall–Kier alpha value is -1.03. The number of halogens is 6. The predicted octanol–water partition coefficient (Wildman–Crippen LogP) is 3.19. The van der Waals surface area contributed by atoms with Gasteiger partial charge in [-0.3, -0.25) is 4.79 Å². The van der Waals surface area contributed by atoms with Crippen LogP contribution in [0, 0.1) is 5.92 Å². The summed E-state index contributed by atoms with van der Waals surface area (Å²) in [5.41, 5.74) is -4.94. The summed E-state index contributed by atoms with van der Waals surface area (Å²) in [6, 6.07) is -0.894. The van der Waals surface area contributed by atoms with E-state index in [1.54, 1.807) is 20.8 Å². The molecule has 0 fully saturated rings. The van der Waals surface area contributed by atoms with Gasteiger partial charge in [0.25, 0.3) is 5.60 Å². The first-order chi connectivity index (χ1) is 10.7. The topological polar surface area (TPSA) is 58.6 Å². The fourth-order valence-electron chi connectivity index (χ4n) is 2.08. The summed E-state index contributed by atoms with van der Waals surface area (Å²) < 4.78 is 81.6. The average Bonchev–Trinajstić information content (AvgIpc) is 2.35. The second-order valence-corrected chi connectivity index (χ2v) is 6.03. The minimum atomic E-state index is -5.94. The molecule has 10 heteroatoms. The molecule has 4 nitrogen and oxygen atoms in total. The van der Waals surface area contributed by atoms with E-state index < -0.39 is 42.5 Å². The third-order valence-corrected chi connectivity index (χ3v) is 3.34. The maximum absolute atomic E-state index is 12.8. The van der Waals surface area contributed by atoms with E-state index in [0.29, 0.717) is 6.54 Å². The van der Waals surface area contributed by atoms with Gasteiger partial charge in [0.2, 0.25) is 0 Å². The molecule has 0 aromatic heterocycles. The van der Waals surface area contributed by atoms with Crippen LogP contribution < -0.4 is 5.32 Å². The number of hydrogen-bond acceptors (Lipinski definition) is 4. The third-order valence-electron chi connectivity index (χ3n) is 3.34. The fourth-order valence-corrected chi connectivity index (χ4v) is 2.08. The Balaban J connectivity index is 5.41. The minimum Gasteiger partial charge on any atom is -0.461 e.